The minimum atomic E-state index is -0.319. The molecule has 4 nitrogen and oxygen atoms in total. The lowest BCUT2D eigenvalue weighted by molar-refractivity contribution is 0.102. The van der Waals surface area contributed by atoms with Crippen molar-refractivity contribution in [3.05, 3.63) is 86.9 Å². The van der Waals surface area contributed by atoms with E-state index in [-0.39, 0.29) is 5.91 Å². The largest absolute Gasteiger partial charge is 0.493 e. The zero-order valence-corrected chi connectivity index (χ0v) is 17.9. The summed E-state index contributed by atoms with van der Waals surface area (Å²) in [5.41, 5.74) is 4.08. The van der Waals surface area contributed by atoms with Crippen molar-refractivity contribution in [2.45, 2.75) is 20.5 Å². The summed E-state index contributed by atoms with van der Waals surface area (Å²) in [5, 5.41) is 3.69. The van der Waals surface area contributed by atoms with E-state index < -0.39 is 0 Å². The first-order valence-corrected chi connectivity index (χ1v) is 9.76. The van der Waals surface area contributed by atoms with Gasteiger partial charge in [0, 0.05) is 16.3 Å². The predicted molar refractivity (Wildman–Crippen MR) is 118 cm³/mol. The Morgan fingerprint density at radius 1 is 1.00 bits per heavy atom. The lowest BCUT2D eigenvalue weighted by Crippen LogP contribution is -2.13. The topological polar surface area (TPSA) is 47.6 Å². The molecular formula is C23H21Cl2NO3. The van der Waals surface area contributed by atoms with Crippen LogP contribution in [0.1, 0.15) is 27.0 Å². The Bertz CT molecular complexity index is 1030. The fourth-order valence-corrected chi connectivity index (χ4v) is 3.19. The van der Waals surface area contributed by atoms with E-state index in [0.717, 1.165) is 11.1 Å². The summed E-state index contributed by atoms with van der Waals surface area (Å²) in [4.78, 5) is 12.7. The highest BCUT2D eigenvalue weighted by atomic mass is 35.5. The predicted octanol–water partition coefficient (Wildman–Crippen LogP) is 6.45. The number of hydrogen-bond donors (Lipinski definition) is 1. The molecular weight excluding hydrogens is 409 g/mol. The van der Waals surface area contributed by atoms with Crippen LogP contribution in [-0.2, 0) is 6.61 Å². The number of ether oxygens (including phenoxy) is 2. The van der Waals surface area contributed by atoms with Gasteiger partial charge >= 0.3 is 0 Å². The van der Waals surface area contributed by atoms with Crippen LogP contribution in [0.25, 0.3) is 0 Å². The van der Waals surface area contributed by atoms with E-state index in [9.17, 15) is 4.79 Å². The second-order valence-corrected chi connectivity index (χ2v) is 7.52. The first kappa shape index (κ1) is 21.0. The Morgan fingerprint density at radius 3 is 2.41 bits per heavy atom. The normalized spacial score (nSPS) is 10.5. The molecule has 29 heavy (non-hydrogen) atoms. The van der Waals surface area contributed by atoms with Crippen molar-refractivity contribution in [3.63, 3.8) is 0 Å². The number of benzene rings is 3. The fraction of sp³-hybridized carbons (Fsp3) is 0.174. The van der Waals surface area contributed by atoms with Gasteiger partial charge in [-0.15, -0.1) is 0 Å². The summed E-state index contributed by atoms with van der Waals surface area (Å²) < 4.78 is 11.3. The second-order valence-electron chi connectivity index (χ2n) is 6.68. The Labute approximate surface area is 180 Å². The highest BCUT2D eigenvalue weighted by molar-refractivity contribution is 6.33. The molecule has 1 amide bonds. The lowest BCUT2D eigenvalue weighted by atomic mass is 10.1. The van der Waals surface area contributed by atoms with Crippen LogP contribution in [0, 0.1) is 13.8 Å². The van der Waals surface area contributed by atoms with Crippen molar-refractivity contribution in [1.82, 2.24) is 0 Å². The van der Waals surface area contributed by atoms with Gasteiger partial charge in [0.1, 0.15) is 6.61 Å². The molecule has 3 rings (SSSR count). The van der Waals surface area contributed by atoms with Gasteiger partial charge < -0.3 is 14.8 Å². The number of anilines is 1. The molecule has 0 atom stereocenters. The van der Waals surface area contributed by atoms with E-state index >= 15 is 0 Å². The summed E-state index contributed by atoms with van der Waals surface area (Å²) >= 11 is 12.4. The third-order valence-electron chi connectivity index (χ3n) is 4.44. The number of aryl methyl sites for hydroxylation is 2. The Morgan fingerprint density at radius 2 is 1.72 bits per heavy atom. The molecule has 0 heterocycles. The average molecular weight is 430 g/mol. The van der Waals surface area contributed by atoms with Crippen molar-refractivity contribution < 1.29 is 14.3 Å². The van der Waals surface area contributed by atoms with E-state index in [2.05, 4.69) is 5.32 Å². The smallest absolute Gasteiger partial charge is 0.255 e. The Balaban J connectivity index is 1.80. The van der Waals surface area contributed by atoms with Gasteiger partial charge in [0.2, 0.25) is 0 Å². The van der Waals surface area contributed by atoms with Gasteiger partial charge in [-0.05, 0) is 49.2 Å². The minimum Gasteiger partial charge on any atom is -0.493 e. The number of carbonyl (C=O) groups is 1. The standard InChI is InChI=1S/C23H21Cl2NO3/c1-14-4-7-16(8-5-14)13-29-22-19(25)10-17(11-21(22)28-3)23(27)26-20-12-18(24)9-6-15(20)2/h4-12H,13H2,1-3H3,(H,26,27). The van der Waals surface area contributed by atoms with Crippen LogP contribution in [0.5, 0.6) is 11.5 Å². The number of amides is 1. The summed E-state index contributed by atoms with van der Waals surface area (Å²) in [6.45, 7) is 4.25. The third-order valence-corrected chi connectivity index (χ3v) is 4.96. The molecule has 150 valence electrons. The van der Waals surface area contributed by atoms with Gasteiger partial charge in [0.25, 0.3) is 5.91 Å². The van der Waals surface area contributed by atoms with E-state index in [1.54, 1.807) is 24.3 Å². The summed E-state index contributed by atoms with van der Waals surface area (Å²) in [6, 6.07) is 16.5. The van der Waals surface area contributed by atoms with Crippen molar-refractivity contribution >= 4 is 34.8 Å². The molecule has 3 aromatic rings. The number of nitrogens with one attached hydrogen (secondary N) is 1. The first-order valence-electron chi connectivity index (χ1n) is 9.00. The number of hydrogen-bond acceptors (Lipinski definition) is 3. The van der Waals surface area contributed by atoms with Crippen LogP contribution in [-0.4, -0.2) is 13.0 Å². The van der Waals surface area contributed by atoms with Gasteiger partial charge in [-0.1, -0.05) is 59.1 Å². The fourth-order valence-electron chi connectivity index (χ4n) is 2.75. The van der Waals surface area contributed by atoms with E-state index in [1.807, 2.05) is 44.2 Å². The van der Waals surface area contributed by atoms with Crippen molar-refractivity contribution in [2.24, 2.45) is 0 Å². The van der Waals surface area contributed by atoms with Gasteiger partial charge in [0.15, 0.2) is 11.5 Å². The van der Waals surface area contributed by atoms with Gasteiger partial charge in [-0.2, -0.15) is 0 Å². The number of rotatable bonds is 6. The van der Waals surface area contributed by atoms with E-state index in [0.29, 0.717) is 39.4 Å². The summed E-state index contributed by atoms with van der Waals surface area (Å²) in [5.74, 6) is 0.462. The Kier molecular flexibility index (Phi) is 6.68. The van der Waals surface area contributed by atoms with Crippen LogP contribution in [0.2, 0.25) is 10.0 Å². The van der Waals surface area contributed by atoms with Crippen LogP contribution >= 0.6 is 23.2 Å². The van der Waals surface area contributed by atoms with Crippen molar-refractivity contribution in [1.29, 1.82) is 0 Å². The van der Waals surface area contributed by atoms with Crippen molar-refractivity contribution in [2.75, 3.05) is 12.4 Å². The minimum absolute atomic E-state index is 0.296. The highest BCUT2D eigenvalue weighted by Gasteiger charge is 2.17. The molecule has 0 aliphatic carbocycles. The number of carbonyl (C=O) groups excluding carboxylic acids is 1. The van der Waals surface area contributed by atoms with E-state index in [1.165, 1.54) is 12.7 Å². The van der Waals surface area contributed by atoms with Gasteiger partial charge in [0.05, 0.1) is 12.1 Å². The highest BCUT2D eigenvalue weighted by Crippen LogP contribution is 2.37. The SMILES string of the molecule is COc1cc(C(=O)Nc2cc(Cl)ccc2C)cc(Cl)c1OCc1ccc(C)cc1. The van der Waals surface area contributed by atoms with Gasteiger partial charge in [-0.3, -0.25) is 4.79 Å². The molecule has 0 spiro atoms. The maximum Gasteiger partial charge on any atom is 0.255 e. The van der Waals surface area contributed by atoms with Gasteiger partial charge in [-0.25, -0.2) is 0 Å². The quantitative estimate of drug-likeness (QED) is 0.489. The molecule has 3 aromatic carbocycles. The number of methoxy groups -OCH3 is 1. The second kappa shape index (κ2) is 9.21. The molecule has 0 bridgehead atoms. The zero-order valence-electron chi connectivity index (χ0n) is 16.4. The lowest BCUT2D eigenvalue weighted by Gasteiger charge is -2.15. The summed E-state index contributed by atoms with van der Waals surface area (Å²) in [7, 11) is 1.51. The van der Waals surface area contributed by atoms with Crippen LogP contribution < -0.4 is 14.8 Å². The Hall–Kier alpha value is -2.69. The summed E-state index contributed by atoms with van der Waals surface area (Å²) in [6.07, 6.45) is 0. The molecule has 0 radical (unpaired) electrons. The molecule has 0 saturated heterocycles. The monoisotopic (exact) mass is 429 g/mol. The first-order chi connectivity index (χ1) is 13.9. The molecule has 0 saturated carbocycles. The zero-order chi connectivity index (χ0) is 21.0. The molecule has 0 aliphatic rings. The molecule has 0 fully saturated rings. The van der Waals surface area contributed by atoms with E-state index in [4.69, 9.17) is 32.7 Å². The van der Waals surface area contributed by atoms with Crippen molar-refractivity contribution in [3.8, 4) is 11.5 Å². The third kappa shape index (κ3) is 5.22. The van der Waals surface area contributed by atoms with Crippen LogP contribution in [0.15, 0.2) is 54.6 Å². The molecule has 0 unspecified atom stereocenters. The van der Waals surface area contributed by atoms with Crippen LogP contribution in [0.4, 0.5) is 5.69 Å². The average Bonchev–Trinajstić information content (AvgIpc) is 2.70. The molecule has 0 aromatic heterocycles. The molecule has 0 aliphatic heterocycles. The maximum absolute atomic E-state index is 12.7. The maximum atomic E-state index is 12.7. The molecule has 6 heteroatoms. The number of halogens is 2. The van der Waals surface area contributed by atoms with Crippen LogP contribution in [0.3, 0.4) is 0 Å². The molecule has 1 N–H and O–H groups in total.